The Hall–Kier alpha value is -1.97. The van der Waals surface area contributed by atoms with Crippen LogP contribution in [0.25, 0.3) is 0 Å². The first-order chi connectivity index (χ1) is 6.72. The van der Waals surface area contributed by atoms with Crippen LogP contribution >= 0.6 is 0 Å². The molecule has 4 heteroatoms. The molecule has 14 heavy (non-hydrogen) atoms. The van der Waals surface area contributed by atoms with Crippen LogP contribution in [-0.4, -0.2) is 6.09 Å². The van der Waals surface area contributed by atoms with Crippen molar-refractivity contribution in [1.82, 2.24) is 5.43 Å². The van der Waals surface area contributed by atoms with E-state index in [1.165, 1.54) is 0 Å². The third kappa shape index (κ3) is 3.18. The summed E-state index contributed by atoms with van der Waals surface area (Å²) in [5.74, 6) is 0. The van der Waals surface area contributed by atoms with Crippen LogP contribution < -0.4 is 10.9 Å². The molecule has 0 saturated heterocycles. The summed E-state index contributed by atoms with van der Waals surface area (Å²) in [4.78, 5) is 10.8. The van der Waals surface area contributed by atoms with Crippen molar-refractivity contribution in [3.05, 3.63) is 42.7 Å². The molecule has 0 spiro atoms. The molecule has 0 radical (unpaired) electrons. The van der Waals surface area contributed by atoms with E-state index in [9.17, 15) is 4.79 Å². The van der Waals surface area contributed by atoms with Gasteiger partial charge in [-0.05, 0) is 19.1 Å². The lowest BCUT2D eigenvalue weighted by Gasteiger charge is -2.06. The van der Waals surface area contributed by atoms with E-state index < -0.39 is 6.09 Å². The third-order valence-electron chi connectivity index (χ3n) is 1.55. The number of carbonyl (C=O) groups excluding carboxylic acids is 1. The number of nitrogens with one attached hydrogen (secondary N) is 2. The highest BCUT2D eigenvalue weighted by atomic mass is 16.5. The second-order valence-corrected chi connectivity index (χ2v) is 2.69. The molecule has 1 aromatic carbocycles. The quantitative estimate of drug-likeness (QED) is 0.570. The van der Waals surface area contributed by atoms with Gasteiger partial charge in [-0.1, -0.05) is 24.3 Å². The molecule has 0 aliphatic carbocycles. The Bertz CT molecular complexity index is 319. The molecule has 1 amide bonds. The number of ether oxygens (including phenoxy) is 1. The zero-order valence-corrected chi connectivity index (χ0v) is 7.91. The molecule has 0 bridgehead atoms. The first kappa shape index (κ1) is 10.1. The van der Waals surface area contributed by atoms with Crippen LogP contribution in [0.1, 0.15) is 5.56 Å². The fourth-order valence-corrected chi connectivity index (χ4v) is 0.865. The summed E-state index contributed by atoms with van der Waals surface area (Å²) in [7, 11) is 0. The molecule has 2 N–H and O–H groups in total. The van der Waals surface area contributed by atoms with Gasteiger partial charge in [-0.25, -0.2) is 10.2 Å². The van der Waals surface area contributed by atoms with Crippen LogP contribution in [0.4, 0.5) is 10.5 Å². The summed E-state index contributed by atoms with van der Waals surface area (Å²) in [6.07, 6.45) is 0.465. The Kier molecular flexibility index (Phi) is 3.55. The van der Waals surface area contributed by atoms with Crippen LogP contribution in [0.2, 0.25) is 0 Å². The van der Waals surface area contributed by atoms with Crippen LogP contribution in [0.5, 0.6) is 0 Å². The predicted octanol–water partition coefficient (Wildman–Crippen LogP) is 2.19. The maximum absolute atomic E-state index is 10.8. The van der Waals surface area contributed by atoms with Crippen molar-refractivity contribution in [2.75, 3.05) is 5.43 Å². The van der Waals surface area contributed by atoms with Gasteiger partial charge in [0.05, 0.1) is 11.9 Å². The minimum Gasteiger partial charge on any atom is -0.418 e. The number of hydrogen-bond acceptors (Lipinski definition) is 3. The van der Waals surface area contributed by atoms with E-state index in [0.29, 0.717) is 0 Å². The zero-order valence-electron chi connectivity index (χ0n) is 7.91. The highest BCUT2D eigenvalue weighted by molar-refractivity contribution is 5.69. The Morgan fingerprint density at radius 3 is 2.64 bits per heavy atom. The minimum atomic E-state index is -0.597. The molecule has 74 valence electrons. The summed E-state index contributed by atoms with van der Waals surface area (Å²) >= 11 is 0. The topological polar surface area (TPSA) is 50.4 Å². The third-order valence-corrected chi connectivity index (χ3v) is 1.55. The van der Waals surface area contributed by atoms with Gasteiger partial charge in [-0.2, -0.15) is 0 Å². The van der Waals surface area contributed by atoms with Crippen LogP contribution in [0, 0.1) is 6.92 Å². The van der Waals surface area contributed by atoms with Crippen LogP contribution in [-0.2, 0) is 4.74 Å². The number of rotatable bonds is 3. The van der Waals surface area contributed by atoms with Gasteiger partial charge in [0.15, 0.2) is 0 Å². The number of carbonyl (C=O) groups is 1. The van der Waals surface area contributed by atoms with E-state index in [0.717, 1.165) is 17.5 Å². The maximum Gasteiger partial charge on any atom is 0.430 e. The molecular weight excluding hydrogens is 180 g/mol. The van der Waals surface area contributed by atoms with Gasteiger partial charge in [0.1, 0.15) is 0 Å². The largest absolute Gasteiger partial charge is 0.430 e. The molecule has 0 fully saturated rings. The minimum absolute atomic E-state index is 0.597. The smallest absolute Gasteiger partial charge is 0.418 e. The first-order valence-corrected chi connectivity index (χ1v) is 4.12. The molecule has 1 rings (SSSR count). The van der Waals surface area contributed by atoms with E-state index in [4.69, 9.17) is 0 Å². The van der Waals surface area contributed by atoms with E-state index in [1.54, 1.807) is 0 Å². The summed E-state index contributed by atoms with van der Waals surface area (Å²) in [6.45, 7) is 5.25. The number of amides is 1. The second kappa shape index (κ2) is 4.91. The van der Waals surface area contributed by atoms with Crippen molar-refractivity contribution in [2.24, 2.45) is 0 Å². The second-order valence-electron chi connectivity index (χ2n) is 2.69. The highest BCUT2D eigenvalue weighted by Gasteiger charge is 1.97. The van der Waals surface area contributed by atoms with Crippen LogP contribution in [0.15, 0.2) is 37.1 Å². The van der Waals surface area contributed by atoms with Gasteiger partial charge in [-0.15, -0.1) is 0 Å². The summed E-state index contributed by atoms with van der Waals surface area (Å²) in [6, 6.07) is 7.57. The fourth-order valence-electron chi connectivity index (χ4n) is 0.865. The van der Waals surface area contributed by atoms with Gasteiger partial charge >= 0.3 is 6.09 Å². The summed E-state index contributed by atoms with van der Waals surface area (Å²) < 4.78 is 4.44. The van der Waals surface area contributed by atoms with Crippen molar-refractivity contribution < 1.29 is 9.53 Å². The van der Waals surface area contributed by atoms with E-state index in [1.807, 2.05) is 31.2 Å². The van der Waals surface area contributed by atoms with Crippen molar-refractivity contribution >= 4 is 11.8 Å². The monoisotopic (exact) mass is 192 g/mol. The molecule has 0 heterocycles. The van der Waals surface area contributed by atoms with Crippen molar-refractivity contribution in [1.29, 1.82) is 0 Å². The number of aryl methyl sites for hydroxylation is 1. The van der Waals surface area contributed by atoms with E-state index in [2.05, 4.69) is 22.2 Å². The normalized spacial score (nSPS) is 8.93. The molecule has 0 aliphatic heterocycles. The van der Waals surface area contributed by atoms with Gasteiger partial charge in [0.25, 0.3) is 0 Å². The average molecular weight is 192 g/mol. The molecule has 0 aliphatic rings. The van der Waals surface area contributed by atoms with Crippen molar-refractivity contribution in [3.63, 3.8) is 0 Å². The lowest BCUT2D eigenvalue weighted by Crippen LogP contribution is -2.28. The molecule has 0 aromatic heterocycles. The zero-order chi connectivity index (χ0) is 10.4. The summed E-state index contributed by atoms with van der Waals surface area (Å²) in [5.41, 5.74) is 6.97. The average Bonchev–Trinajstić information content (AvgIpc) is 2.17. The summed E-state index contributed by atoms with van der Waals surface area (Å²) in [5, 5.41) is 0. The van der Waals surface area contributed by atoms with Crippen LogP contribution in [0.3, 0.4) is 0 Å². The Morgan fingerprint density at radius 2 is 2.07 bits per heavy atom. The van der Waals surface area contributed by atoms with Crippen molar-refractivity contribution in [3.8, 4) is 0 Å². The molecular formula is C10H12N2O2. The van der Waals surface area contributed by atoms with Gasteiger partial charge in [0, 0.05) is 0 Å². The predicted molar refractivity (Wildman–Crippen MR) is 54.6 cm³/mol. The highest BCUT2D eigenvalue weighted by Crippen LogP contribution is 2.06. The molecule has 4 nitrogen and oxygen atoms in total. The molecule has 0 unspecified atom stereocenters. The standard InChI is InChI=1S/C10H12N2O2/c1-3-14-10(13)12-11-9-6-4-8(2)5-7-9/h3-7,11H,1H2,2H3,(H,12,13). The fraction of sp³-hybridized carbons (Fsp3) is 0.100. The van der Waals surface area contributed by atoms with Crippen molar-refractivity contribution in [2.45, 2.75) is 6.92 Å². The Morgan fingerprint density at radius 1 is 1.43 bits per heavy atom. The molecule has 0 atom stereocenters. The lowest BCUT2D eigenvalue weighted by molar-refractivity contribution is 0.188. The van der Waals surface area contributed by atoms with Gasteiger partial charge < -0.3 is 4.74 Å². The number of benzene rings is 1. The van der Waals surface area contributed by atoms with Gasteiger partial charge in [0.2, 0.25) is 0 Å². The molecule has 0 saturated carbocycles. The molecule has 1 aromatic rings. The lowest BCUT2D eigenvalue weighted by atomic mass is 10.2. The Labute approximate surface area is 82.5 Å². The number of hydrazine groups is 1. The number of hydrogen-bond donors (Lipinski definition) is 2. The first-order valence-electron chi connectivity index (χ1n) is 4.12. The van der Waals surface area contributed by atoms with E-state index in [-0.39, 0.29) is 0 Å². The van der Waals surface area contributed by atoms with Gasteiger partial charge in [-0.3, -0.25) is 5.43 Å². The maximum atomic E-state index is 10.8. The Balaban J connectivity index is 2.41. The SMILES string of the molecule is C=COC(=O)NNc1ccc(C)cc1. The van der Waals surface area contributed by atoms with E-state index >= 15 is 0 Å². The number of anilines is 1.